The predicted molar refractivity (Wildman–Crippen MR) is 76.5 cm³/mol. The summed E-state index contributed by atoms with van der Waals surface area (Å²) in [6.45, 7) is 3.86. The molecule has 1 saturated heterocycles. The second-order valence-corrected chi connectivity index (χ2v) is 6.33. The van der Waals surface area contributed by atoms with Gasteiger partial charge >= 0.3 is 5.97 Å². The van der Waals surface area contributed by atoms with Gasteiger partial charge < -0.3 is 14.9 Å². The van der Waals surface area contributed by atoms with Gasteiger partial charge in [0.1, 0.15) is 0 Å². The van der Waals surface area contributed by atoms with Gasteiger partial charge in [0, 0.05) is 26.6 Å². The number of carboxylic acid groups (broad SMARTS) is 1. The Labute approximate surface area is 120 Å². The maximum Gasteiger partial charge on any atom is 0.310 e. The molecule has 0 atom stereocenters. The van der Waals surface area contributed by atoms with Crippen LogP contribution in [0.3, 0.4) is 0 Å². The zero-order valence-corrected chi connectivity index (χ0v) is 12.4. The second kappa shape index (κ2) is 6.57. The molecule has 1 saturated carbocycles. The number of carboxylic acids is 1. The summed E-state index contributed by atoms with van der Waals surface area (Å²) in [5, 5.41) is 9.42. The fourth-order valence-electron chi connectivity index (χ4n) is 3.36. The van der Waals surface area contributed by atoms with Gasteiger partial charge in [0.2, 0.25) is 5.91 Å². The molecule has 2 fully saturated rings. The normalized spacial score (nSPS) is 22.1. The molecule has 0 aromatic heterocycles. The maximum atomic E-state index is 12.3. The van der Waals surface area contributed by atoms with E-state index in [-0.39, 0.29) is 12.3 Å². The largest absolute Gasteiger partial charge is 0.481 e. The molecule has 1 aliphatic carbocycles. The summed E-state index contributed by atoms with van der Waals surface area (Å²) < 4.78 is 0. The average Bonchev–Trinajstić information content (AvgIpc) is 3.07. The first-order valence-corrected chi connectivity index (χ1v) is 7.73. The van der Waals surface area contributed by atoms with Crippen molar-refractivity contribution in [2.45, 2.75) is 44.9 Å². The smallest absolute Gasteiger partial charge is 0.310 e. The van der Waals surface area contributed by atoms with E-state index in [0.29, 0.717) is 19.4 Å². The number of nitrogens with zero attached hydrogens (tertiary/aromatic N) is 2. The van der Waals surface area contributed by atoms with Crippen molar-refractivity contribution in [2.75, 3.05) is 33.2 Å². The van der Waals surface area contributed by atoms with Crippen LogP contribution in [-0.4, -0.2) is 60.0 Å². The van der Waals surface area contributed by atoms with Crippen molar-refractivity contribution in [2.24, 2.45) is 5.41 Å². The molecule has 114 valence electrons. The topological polar surface area (TPSA) is 60.9 Å². The van der Waals surface area contributed by atoms with E-state index < -0.39 is 11.4 Å². The zero-order chi connectivity index (χ0) is 14.6. The minimum Gasteiger partial charge on any atom is -0.481 e. The van der Waals surface area contributed by atoms with Crippen LogP contribution >= 0.6 is 0 Å². The highest BCUT2D eigenvalue weighted by molar-refractivity contribution is 5.85. The molecule has 2 aliphatic rings. The summed E-state index contributed by atoms with van der Waals surface area (Å²) in [6.07, 6.45) is 5.81. The number of rotatable bonds is 6. The number of likely N-dealkylation sites (N-methyl/N-ethyl adjacent to an activating group) is 1. The van der Waals surface area contributed by atoms with E-state index in [2.05, 4.69) is 4.90 Å². The summed E-state index contributed by atoms with van der Waals surface area (Å²) in [4.78, 5) is 27.8. The summed E-state index contributed by atoms with van der Waals surface area (Å²) in [5.41, 5.74) is -0.793. The Kier molecular flexibility index (Phi) is 5.02. The lowest BCUT2D eigenvalue weighted by atomic mass is 9.82. The standard InChI is InChI=1S/C15H26N2O3/c1-16(10-11-17-8-4-5-9-17)13(18)12-15(14(19)20)6-2-3-7-15/h2-12H2,1H3,(H,19,20). The number of aliphatic carboxylic acids is 1. The van der Waals surface area contributed by atoms with Crippen molar-refractivity contribution in [1.82, 2.24) is 9.80 Å². The molecule has 5 nitrogen and oxygen atoms in total. The lowest BCUT2D eigenvalue weighted by molar-refractivity contribution is -0.153. The molecule has 0 aromatic rings. The summed E-state index contributed by atoms with van der Waals surface area (Å²) in [7, 11) is 1.79. The highest BCUT2D eigenvalue weighted by atomic mass is 16.4. The van der Waals surface area contributed by atoms with Crippen LogP contribution in [0, 0.1) is 5.41 Å². The van der Waals surface area contributed by atoms with E-state index >= 15 is 0 Å². The fraction of sp³-hybridized carbons (Fsp3) is 0.867. The van der Waals surface area contributed by atoms with Crippen molar-refractivity contribution in [3.8, 4) is 0 Å². The van der Waals surface area contributed by atoms with E-state index in [1.54, 1.807) is 11.9 Å². The molecule has 0 unspecified atom stereocenters. The monoisotopic (exact) mass is 282 g/mol. The van der Waals surface area contributed by atoms with Gasteiger partial charge in [-0.3, -0.25) is 9.59 Å². The van der Waals surface area contributed by atoms with Gasteiger partial charge in [-0.05, 0) is 38.8 Å². The van der Waals surface area contributed by atoms with Crippen LogP contribution in [0.2, 0.25) is 0 Å². The number of hydrogen-bond acceptors (Lipinski definition) is 3. The SMILES string of the molecule is CN(CCN1CCCC1)C(=O)CC1(C(=O)O)CCCC1. The van der Waals surface area contributed by atoms with Crippen molar-refractivity contribution in [3.05, 3.63) is 0 Å². The first kappa shape index (κ1) is 15.3. The first-order chi connectivity index (χ1) is 9.53. The van der Waals surface area contributed by atoms with Crippen molar-refractivity contribution < 1.29 is 14.7 Å². The molecular formula is C15H26N2O3. The minimum absolute atomic E-state index is 0.0199. The van der Waals surface area contributed by atoms with Crippen LogP contribution in [-0.2, 0) is 9.59 Å². The van der Waals surface area contributed by atoms with Gasteiger partial charge in [0.05, 0.1) is 5.41 Å². The van der Waals surface area contributed by atoms with Crippen LogP contribution in [0.25, 0.3) is 0 Å². The van der Waals surface area contributed by atoms with Gasteiger partial charge in [-0.1, -0.05) is 12.8 Å². The second-order valence-electron chi connectivity index (χ2n) is 6.33. The van der Waals surface area contributed by atoms with Gasteiger partial charge in [-0.2, -0.15) is 0 Å². The van der Waals surface area contributed by atoms with Crippen LogP contribution in [0.5, 0.6) is 0 Å². The van der Waals surface area contributed by atoms with Crippen molar-refractivity contribution in [1.29, 1.82) is 0 Å². The predicted octanol–water partition coefficient (Wildman–Crippen LogP) is 1.58. The Morgan fingerprint density at radius 3 is 2.30 bits per heavy atom. The summed E-state index contributed by atoms with van der Waals surface area (Å²) in [5.74, 6) is -0.815. The molecule has 5 heteroatoms. The van der Waals surface area contributed by atoms with Gasteiger partial charge in [0.15, 0.2) is 0 Å². The molecule has 1 N–H and O–H groups in total. The molecular weight excluding hydrogens is 256 g/mol. The quantitative estimate of drug-likeness (QED) is 0.803. The van der Waals surface area contributed by atoms with E-state index in [9.17, 15) is 14.7 Å². The number of hydrogen-bond donors (Lipinski definition) is 1. The summed E-state index contributed by atoms with van der Waals surface area (Å²) >= 11 is 0. The molecule has 1 amide bonds. The molecule has 0 spiro atoms. The number of likely N-dealkylation sites (tertiary alicyclic amines) is 1. The van der Waals surface area contributed by atoms with E-state index in [1.165, 1.54) is 12.8 Å². The van der Waals surface area contributed by atoms with E-state index in [0.717, 1.165) is 32.5 Å². The Morgan fingerprint density at radius 2 is 1.75 bits per heavy atom. The van der Waals surface area contributed by atoms with E-state index in [4.69, 9.17) is 0 Å². The number of carbonyl (C=O) groups is 2. The average molecular weight is 282 g/mol. The molecule has 20 heavy (non-hydrogen) atoms. The lowest BCUT2D eigenvalue weighted by Gasteiger charge is -2.27. The molecule has 2 rings (SSSR count). The highest BCUT2D eigenvalue weighted by Crippen LogP contribution is 2.41. The third-order valence-corrected chi connectivity index (χ3v) is 4.88. The molecule has 1 aliphatic heterocycles. The van der Waals surface area contributed by atoms with Crippen LogP contribution in [0.4, 0.5) is 0 Å². The van der Waals surface area contributed by atoms with Crippen LogP contribution < -0.4 is 0 Å². The molecule has 0 aromatic carbocycles. The number of carbonyl (C=O) groups excluding carboxylic acids is 1. The molecule has 0 bridgehead atoms. The molecule has 0 radical (unpaired) electrons. The van der Waals surface area contributed by atoms with Gasteiger partial charge in [0.25, 0.3) is 0 Å². The van der Waals surface area contributed by atoms with E-state index in [1.807, 2.05) is 0 Å². The van der Waals surface area contributed by atoms with Gasteiger partial charge in [-0.15, -0.1) is 0 Å². The van der Waals surface area contributed by atoms with Crippen LogP contribution in [0.15, 0.2) is 0 Å². The maximum absolute atomic E-state index is 12.3. The first-order valence-electron chi connectivity index (χ1n) is 7.73. The third kappa shape index (κ3) is 3.51. The Balaban J connectivity index is 1.81. The Bertz CT molecular complexity index is 358. The number of amides is 1. The molecule has 1 heterocycles. The third-order valence-electron chi connectivity index (χ3n) is 4.88. The Morgan fingerprint density at radius 1 is 1.15 bits per heavy atom. The summed E-state index contributed by atoms with van der Waals surface area (Å²) in [6, 6.07) is 0. The highest BCUT2D eigenvalue weighted by Gasteiger charge is 2.43. The fourth-order valence-corrected chi connectivity index (χ4v) is 3.36. The Hall–Kier alpha value is -1.10. The van der Waals surface area contributed by atoms with Crippen LogP contribution in [0.1, 0.15) is 44.9 Å². The van der Waals surface area contributed by atoms with Crippen molar-refractivity contribution >= 4 is 11.9 Å². The minimum atomic E-state index is -0.795. The lowest BCUT2D eigenvalue weighted by Crippen LogP contribution is -2.39. The van der Waals surface area contributed by atoms with Crippen molar-refractivity contribution in [3.63, 3.8) is 0 Å². The van der Waals surface area contributed by atoms with Gasteiger partial charge in [-0.25, -0.2) is 0 Å². The zero-order valence-electron chi connectivity index (χ0n) is 12.4.